The van der Waals surface area contributed by atoms with Crippen LogP contribution < -0.4 is 10.6 Å². The van der Waals surface area contributed by atoms with Crippen molar-refractivity contribution in [1.82, 2.24) is 5.32 Å². The lowest BCUT2D eigenvalue weighted by Crippen LogP contribution is -2.33. The van der Waals surface area contributed by atoms with Gasteiger partial charge in [0.25, 0.3) is 0 Å². The van der Waals surface area contributed by atoms with Crippen LogP contribution in [0.1, 0.15) is 58.1 Å². The summed E-state index contributed by atoms with van der Waals surface area (Å²) in [4.78, 5) is 11.9. The maximum absolute atomic E-state index is 11.9. The molecule has 2 rings (SSSR count). The first-order chi connectivity index (χ1) is 10.5. The highest BCUT2D eigenvalue weighted by Gasteiger charge is 2.19. The summed E-state index contributed by atoms with van der Waals surface area (Å²) in [5, 5.41) is 6.71. The number of fused-ring (bicyclic) bond motifs is 1. The third-order valence-corrected chi connectivity index (χ3v) is 4.64. The average molecular weight is 302 g/mol. The van der Waals surface area contributed by atoms with Crippen LogP contribution in [0.15, 0.2) is 18.2 Å². The van der Waals surface area contributed by atoms with Gasteiger partial charge in [-0.3, -0.25) is 4.79 Å². The number of para-hydroxylation sites is 1. The lowest BCUT2D eigenvalue weighted by Gasteiger charge is -2.17. The number of aryl methyl sites for hydroxylation is 1. The second-order valence-corrected chi connectivity index (χ2v) is 6.93. The van der Waals surface area contributed by atoms with Crippen LogP contribution in [-0.4, -0.2) is 18.0 Å². The number of hydrogen-bond donors (Lipinski definition) is 2. The van der Waals surface area contributed by atoms with E-state index in [9.17, 15) is 4.79 Å². The Morgan fingerprint density at radius 3 is 2.91 bits per heavy atom. The fourth-order valence-electron chi connectivity index (χ4n) is 3.08. The molecule has 0 aromatic heterocycles. The molecule has 0 spiro atoms. The van der Waals surface area contributed by atoms with E-state index in [-0.39, 0.29) is 11.9 Å². The molecule has 1 aliphatic rings. The summed E-state index contributed by atoms with van der Waals surface area (Å²) in [6.07, 6.45) is 4.80. The quantitative estimate of drug-likeness (QED) is 0.801. The fourth-order valence-corrected chi connectivity index (χ4v) is 3.08. The van der Waals surface area contributed by atoms with Crippen LogP contribution in [0.25, 0.3) is 0 Å². The van der Waals surface area contributed by atoms with E-state index in [1.165, 1.54) is 16.8 Å². The zero-order valence-electron chi connectivity index (χ0n) is 14.4. The summed E-state index contributed by atoms with van der Waals surface area (Å²) in [6, 6.07) is 7.33. The molecular weight excluding hydrogens is 272 g/mol. The van der Waals surface area contributed by atoms with Crippen LogP contribution in [-0.2, 0) is 17.6 Å². The average Bonchev–Trinajstić information content (AvgIpc) is 2.85. The van der Waals surface area contributed by atoms with Crippen molar-refractivity contribution in [3.63, 3.8) is 0 Å². The van der Waals surface area contributed by atoms with Crippen molar-refractivity contribution in [3.05, 3.63) is 29.3 Å². The van der Waals surface area contributed by atoms with Crippen LogP contribution >= 0.6 is 0 Å². The van der Waals surface area contributed by atoms with Gasteiger partial charge in [0.15, 0.2) is 0 Å². The van der Waals surface area contributed by atoms with E-state index in [0.29, 0.717) is 18.4 Å². The molecule has 22 heavy (non-hydrogen) atoms. The van der Waals surface area contributed by atoms with Gasteiger partial charge in [-0.2, -0.15) is 0 Å². The van der Waals surface area contributed by atoms with E-state index in [4.69, 9.17) is 0 Å². The van der Waals surface area contributed by atoms with Crippen molar-refractivity contribution in [1.29, 1.82) is 0 Å². The molecule has 3 atom stereocenters. The Hall–Kier alpha value is -1.51. The molecule has 0 fully saturated rings. The Morgan fingerprint density at radius 1 is 1.41 bits per heavy atom. The first-order valence-corrected chi connectivity index (χ1v) is 8.66. The summed E-state index contributed by atoms with van der Waals surface area (Å²) < 4.78 is 0. The van der Waals surface area contributed by atoms with Crippen LogP contribution in [0.4, 0.5) is 5.69 Å². The summed E-state index contributed by atoms with van der Waals surface area (Å²) in [6.45, 7) is 8.59. The number of rotatable bonds is 7. The maximum atomic E-state index is 11.9. The maximum Gasteiger partial charge on any atom is 0.220 e. The summed E-state index contributed by atoms with van der Waals surface area (Å²) in [5.74, 6) is 0.655. The zero-order chi connectivity index (χ0) is 16.1. The number of amides is 1. The van der Waals surface area contributed by atoms with Crippen LogP contribution in [0.5, 0.6) is 0 Å². The van der Waals surface area contributed by atoms with E-state index >= 15 is 0 Å². The van der Waals surface area contributed by atoms with Crippen molar-refractivity contribution in [2.75, 3.05) is 5.32 Å². The third kappa shape index (κ3) is 4.49. The van der Waals surface area contributed by atoms with Crippen molar-refractivity contribution < 1.29 is 4.79 Å². The monoisotopic (exact) mass is 302 g/mol. The van der Waals surface area contributed by atoms with Gasteiger partial charge in [-0.1, -0.05) is 38.5 Å². The van der Waals surface area contributed by atoms with Gasteiger partial charge in [0, 0.05) is 24.2 Å². The normalized spacial score (nSPS) is 19.2. The minimum Gasteiger partial charge on any atom is -0.382 e. The number of carbonyl (C=O) groups excluding carboxylic acids is 1. The van der Waals surface area contributed by atoms with Crippen LogP contribution in [0.2, 0.25) is 0 Å². The molecule has 0 bridgehead atoms. The smallest absolute Gasteiger partial charge is 0.220 e. The van der Waals surface area contributed by atoms with Gasteiger partial charge in [-0.05, 0) is 50.2 Å². The molecule has 1 aromatic rings. The van der Waals surface area contributed by atoms with Crippen LogP contribution in [0.3, 0.4) is 0 Å². The molecule has 3 nitrogen and oxygen atoms in total. The molecule has 0 radical (unpaired) electrons. The molecule has 3 unspecified atom stereocenters. The number of anilines is 1. The minimum absolute atomic E-state index is 0.187. The van der Waals surface area contributed by atoms with Crippen molar-refractivity contribution in [3.8, 4) is 0 Å². The number of hydrogen-bond acceptors (Lipinski definition) is 2. The van der Waals surface area contributed by atoms with E-state index in [1.807, 2.05) is 0 Å². The van der Waals surface area contributed by atoms with E-state index in [2.05, 4.69) is 56.5 Å². The largest absolute Gasteiger partial charge is 0.382 e. The molecule has 1 aliphatic heterocycles. The van der Waals surface area contributed by atoms with Gasteiger partial charge in [0.1, 0.15) is 0 Å². The van der Waals surface area contributed by atoms with Crippen LogP contribution in [0, 0.1) is 5.92 Å². The highest BCUT2D eigenvalue weighted by atomic mass is 16.1. The third-order valence-electron chi connectivity index (χ3n) is 4.64. The molecule has 0 aliphatic carbocycles. The Bertz CT molecular complexity index is 512. The van der Waals surface area contributed by atoms with Crippen molar-refractivity contribution >= 4 is 11.6 Å². The second kappa shape index (κ2) is 7.66. The topological polar surface area (TPSA) is 41.1 Å². The molecule has 1 heterocycles. The van der Waals surface area contributed by atoms with Crippen molar-refractivity contribution in [2.45, 2.75) is 71.9 Å². The predicted molar refractivity (Wildman–Crippen MR) is 93.2 cm³/mol. The molecule has 3 heteroatoms. The lowest BCUT2D eigenvalue weighted by molar-refractivity contribution is -0.122. The second-order valence-electron chi connectivity index (χ2n) is 6.93. The summed E-state index contributed by atoms with van der Waals surface area (Å²) >= 11 is 0. The molecule has 2 N–H and O–H groups in total. The highest BCUT2D eigenvalue weighted by molar-refractivity contribution is 5.76. The molecular formula is C19H30N2O. The molecule has 1 amide bonds. The van der Waals surface area contributed by atoms with Gasteiger partial charge < -0.3 is 10.6 Å². The molecule has 0 saturated carbocycles. The summed E-state index contributed by atoms with van der Waals surface area (Å²) in [7, 11) is 0. The standard InChI is InChI=1S/C19H30N2O/c1-5-13(2)11-18(22)20-14(3)9-10-16-7-6-8-17-12-15(4)21-19(16)17/h6-8,13-15,21H,5,9-12H2,1-4H3,(H,20,22). The first-order valence-electron chi connectivity index (χ1n) is 8.66. The molecule has 1 aromatic carbocycles. The van der Waals surface area contributed by atoms with E-state index < -0.39 is 0 Å². The first kappa shape index (κ1) is 16.9. The summed E-state index contributed by atoms with van der Waals surface area (Å²) in [5.41, 5.74) is 4.14. The molecule has 122 valence electrons. The van der Waals surface area contributed by atoms with E-state index in [1.54, 1.807) is 0 Å². The Kier molecular flexibility index (Phi) is 5.87. The predicted octanol–water partition coefficient (Wildman–Crippen LogP) is 3.92. The molecule has 0 saturated heterocycles. The number of nitrogens with one attached hydrogen (secondary N) is 2. The van der Waals surface area contributed by atoms with Gasteiger partial charge >= 0.3 is 0 Å². The highest BCUT2D eigenvalue weighted by Crippen LogP contribution is 2.30. The van der Waals surface area contributed by atoms with Gasteiger partial charge in [-0.15, -0.1) is 0 Å². The van der Waals surface area contributed by atoms with Gasteiger partial charge in [0.2, 0.25) is 5.91 Å². The Labute approximate surface area is 134 Å². The van der Waals surface area contributed by atoms with Gasteiger partial charge in [-0.25, -0.2) is 0 Å². The fraction of sp³-hybridized carbons (Fsp3) is 0.632. The SMILES string of the molecule is CCC(C)CC(=O)NC(C)CCc1cccc2c1NC(C)C2. The Morgan fingerprint density at radius 2 is 2.18 bits per heavy atom. The minimum atomic E-state index is 0.187. The van der Waals surface area contributed by atoms with Gasteiger partial charge in [0.05, 0.1) is 0 Å². The number of carbonyl (C=O) groups is 1. The lowest BCUT2D eigenvalue weighted by atomic mass is 10.0. The zero-order valence-corrected chi connectivity index (χ0v) is 14.4. The van der Waals surface area contributed by atoms with E-state index in [0.717, 1.165) is 25.7 Å². The number of benzene rings is 1. The Balaban J connectivity index is 1.84. The van der Waals surface area contributed by atoms with Crippen molar-refractivity contribution in [2.24, 2.45) is 5.92 Å².